The normalized spacial score (nSPS) is 12.4. The Morgan fingerprint density at radius 2 is 2.15 bits per heavy atom. The van der Waals surface area contributed by atoms with Gasteiger partial charge in [0.25, 0.3) is 0 Å². The van der Waals surface area contributed by atoms with Crippen molar-refractivity contribution >= 4 is 23.6 Å². The molecule has 0 saturated carbocycles. The molecule has 70 valence electrons. The van der Waals surface area contributed by atoms with Crippen LogP contribution >= 0.6 is 11.6 Å². The maximum Gasteiger partial charge on any atom is 0.120 e. The summed E-state index contributed by atoms with van der Waals surface area (Å²) in [5.41, 5.74) is 7.32. The van der Waals surface area contributed by atoms with Crippen molar-refractivity contribution in [2.24, 2.45) is 0 Å². The largest absolute Gasteiger partial charge is 0.398 e. The van der Waals surface area contributed by atoms with Crippen LogP contribution in [-0.4, -0.2) is 6.29 Å². The number of anilines is 1. The number of carbonyl (C=O) groups is 1. The second-order valence-electron chi connectivity index (χ2n) is 2.84. The molecule has 0 saturated heterocycles. The van der Waals surface area contributed by atoms with E-state index in [0.717, 1.165) is 11.8 Å². The summed E-state index contributed by atoms with van der Waals surface area (Å²) in [6.07, 6.45) is 1.98. The van der Waals surface area contributed by atoms with Gasteiger partial charge in [0.2, 0.25) is 0 Å². The third-order valence-electron chi connectivity index (χ3n) is 1.87. The Labute approximate surface area is 82.7 Å². The first-order chi connectivity index (χ1) is 6.25. The van der Waals surface area contributed by atoms with Gasteiger partial charge in [0.15, 0.2) is 0 Å². The molecule has 2 nitrogen and oxygen atoms in total. The van der Waals surface area contributed by atoms with Gasteiger partial charge in [0, 0.05) is 12.1 Å². The van der Waals surface area contributed by atoms with Crippen molar-refractivity contribution < 1.29 is 4.79 Å². The molecule has 0 bridgehead atoms. The minimum Gasteiger partial charge on any atom is -0.398 e. The number of alkyl halides is 1. The average Bonchev–Trinajstić information content (AvgIpc) is 2.15. The van der Waals surface area contributed by atoms with Crippen molar-refractivity contribution in [2.45, 2.75) is 18.2 Å². The summed E-state index contributed by atoms with van der Waals surface area (Å²) in [7, 11) is 0. The van der Waals surface area contributed by atoms with Gasteiger partial charge >= 0.3 is 0 Å². The van der Waals surface area contributed by atoms with Gasteiger partial charge in [-0.3, -0.25) is 0 Å². The lowest BCUT2D eigenvalue weighted by Gasteiger charge is -2.10. The predicted octanol–water partition coefficient (Wildman–Crippen LogP) is 2.53. The number of hydrogen-bond acceptors (Lipinski definition) is 2. The standard InChI is InChI=1S/C10H12ClNO/c11-9(5-3-7-13)8-4-1-2-6-10(8)12/h1-2,4,6-7,9H,3,5,12H2. The Morgan fingerprint density at radius 3 is 2.77 bits per heavy atom. The van der Waals surface area contributed by atoms with Gasteiger partial charge in [-0.1, -0.05) is 18.2 Å². The molecule has 0 heterocycles. The summed E-state index contributed by atoms with van der Waals surface area (Å²) in [5, 5.41) is -0.161. The quantitative estimate of drug-likeness (QED) is 0.458. The number of rotatable bonds is 4. The van der Waals surface area contributed by atoms with Gasteiger partial charge in [-0.2, -0.15) is 0 Å². The molecule has 0 radical (unpaired) electrons. The number of para-hydroxylation sites is 1. The summed E-state index contributed by atoms with van der Waals surface area (Å²) >= 11 is 6.05. The average molecular weight is 198 g/mol. The van der Waals surface area contributed by atoms with Crippen LogP contribution in [0.25, 0.3) is 0 Å². The van der Waals surface area contributed by atoms with Crippen molar-refractivity contribution in [3.8, 4) is 0 Å². The molecule has 2 N–H and O–H groups in total. The molecule has 0 spiro atoms. The maximum atomic E-state index is 10.1. The van der Waals surface area contributed by atoms with E-state index >= 15 is 0 Å². The second-order valence-corrected chi connectivity index (χ2v) is 3.37. The van der Waals surface area contributed by atoms with Crippen molar-refractivity contribution in [1.29, 1.82) is 0 Å². The molecule has 1 aromatic rings. The smallest absolute Gasteiger partial charge is 0.120 e. The van der Waals surface area contributed by atoms with E-state index in [4.69, 9.17) is 17.3 Å². The van der Waals surface area contributed by atoms with Crippen LogP contribution in [0.5, 0.6) is 0 Å². The van der Waals surface area contributed by atoms with Crippen LogP contribution in [0, 0.1) is 0 Å². The zero-order chi connectivity index (χ0) is 9.68. The SMILES string of the molecule is Nc1ccccc1C(Cl)CCC=O. The van der Waals surface area contributed by atoms with Crippen molar-refractivity contribution in [1.82, 2.24) is 0 Å². The topological polar surface area (TPSA) is 43.1 Å². The summed E-state index contributed by atoms with van der Waals surface area (Å²) in [5.74, 6) is 0. The summed E-state index contributed by atoms with van der Waals surface area (Å²) in [4.78, 5) is 10.1. The van der Waals surface area contributed by atoms with Gasteiger partial charge in [-0.25, -0.2) is 0 Å². The molecule has 1 unspecified atom stereocenters. The zero-order valence-corrected chi connectivity index (χ0v) is 8.00. The van der Waals surface area contributed by atoms with E-state index in [0.29, 0.717) is 18.5 Å². The molecule has 1 aromatic carbocycles. The number of aldehydes is 1. The van der Waals surface area contributed by atoms with E-state index in [1.54, 1.807) is 0 Å². The highest BCUT2D eigenvalue weighted by atomic mass is 35.5. The summed E-state index contributed by atoms with van der Waals surface area (Å²) in [6.45, 7) is 0. The first-order valence-electron chi connectivity index (χ1n) is 4.18. The highest BCUT2D eigenvalue weighted by Gasteiger charge is 2.09. The minimum absolute atomic E-state index is 0.161. The molecule has 3 heteroatoms. The number of benzene rings is 1. The first kappa shape index (κ1) is 10.1. The van der Waals surface area contributed by atoms with E-state index < -0.39 is 0 Å². The van der Waals surface area contributed by atoms with Crippen LogP contribution in [0.4, 0.5) is 5.69 Å². The number of nitrogen functional groups attached to an aromatic ring is 1. The molecule has 0 aliphatic carbocycles. The second kappa shape index (κ2) is 4.87. The number of hydrogen-bond donors (Lipinski definition) is 1. The molecular weight excluding hydrogens is 186 g/mol. The van der Waals surface area contributed by atoms with Gasteiger partial charge in [0.05, 0.1) is 5.38 Å². The Morgan fingerprint density at radius 1 is 1.46 bits per heavy atom. The Balaban J connectivity index is 2.70. The molecule has 1 atom stereocenters. The van der Waals surface area contributed by atoms with Gasteiger partial charge < -0.3 is 10.5 Å². The third kappa shape index (κ3) is 2.74. The van der Waals surface area contributed by atoms with E-state index in [9.17, 15) is 4.79 Å². The van der Waals surface area contributed by atoms with E-state index in [-0.39, 0.29) is 5.38 Å². The van der Waals surface area contributed by atoms with Crippen LogP contribution in [0.15, 0.2) is 24.3 Å². The zero-order valence-electron chi connectivity index (χ0n) is 7.24. The molecule has 0 fully saturated rings. The van der Waals surface area contributed by atoms with E-state index in [1.165, 1.54) is 0 Å². The monoisotopic (exact) mass is 197 g/mol. The summed E-state index contributed by atoms with van der Waals surface area (Å²) < 4.78 is 0. The lowest BCUT2D eigenvalue weighted by molar-refractivity contribution is -0.107. The molecule has 0 aromatic heterocycles. The van der Waals surface area contributed by atoms with Gasteiger partial charge in [-0.05, 0) is 18.1 Å². The van der Waals surface area contributed by atoms with Crippen LogP contribution in [0.1, 0.15) is 23.8 Å². The fraction of sp³-hybridized carbons (Fsp3) is 0.300. The lowest BCUT2D eigenvalue weighted by Crippen LogP contribution is -1.97. The number of halogens is 1. The highest BCUT2D eigenvalue weighted by Crippen LogP contribution is 2.29. The van der Waals surface area contributed by atoms with Crippen molar-refractivity contribution in [3.05, 3.63) is 29.8 Å². The fourth-order valence-corrected chi connectivity index (χ4v) is 1.49. The molecular formula is C10H12ClNO. The van der Waals surface area contributed by atoms with Gasteiger partial charge in [-0.15, -0.1) is 11.6 Å². The Bertz CT molecular complexity index is 288. The van der Waals surface area contributed by atoms with Crippen LogP contribution in [0.3, 0.4) is 0 Å². The molecule has 1 rings (SSSR count). The minimum atomic E-state index is -0.161. The van der Waals surface area contributed by atoms with Crippen LogP contribution in [0.2, 0.25) is 0 Å². The molecule has 0 amide bonds. The van der Waals surface area contributed by atoms with E-state index in [2.05, 4.69) is 0 Å². The third-order valence-corrected chi connectivity index (χ3v) is 2.32. The van der Waals surface area contributed by atoms with Crippen LogP contribution in [-0.2, 0) is 4.79 Å². The molecule has 0 aliphatic rings. The first-order valence-corrected chi connectivity index (χ1v) is 4.61. The predicted molar refractivity (Wildman–Crippen MR) is 54.7 cm³/mol. The Kier molecular flexibility index (Phi) is 3.77. The van der Waals surface area contributed by atoms with E-state index in [1.807, 2.05) is 24.3 Å². The fourth-order valence-electron chi connectivity index (χ4n) is 1.17. The molecule has 13 heavy (non-hydrogen) atoms. The lowest BCUT2D eigenvalue weighted by atomic mass is 10.1. The Hall–Kier alpha value is -1.02. The number of carbonyl (C=O) groups excluding carboxylic acids is 1. The van der Waals surface area contributed by atoms with Crippen LogP contribution < -0.4 is 5.73 Å². The van der Waals surface area contributed by atoms with Crippen molar-refractivity contribution in [2.75, 3.05) is 5.73 Å². The van der Waals surface area contributed by atoms with Crippen molar-refractivity contribution in [3.63, 3.8) is 0 Å². The number of nitrogens with two attached hydrogens (primary N) is 1. The molecule has 0 aliphatic heterocycles. The summed E-state index contributed by atoms with van der Waals surface area (Å²) in [6, 6.07) is 7.45. The maximum absolute atomic E-state index is 10.1. The van der Waals surface area contributed by atoms with Gasteiger partial charge in [0.1, 0.15) is 6.29 Å². The highest BCUT2D eigenvalue weighted by molar-refractivity contribution is 6.21.